The summed E-state index contributed by atoms with van der Waals surface area (Å²) in [5.41, 5.74) is 2.41. The van der Waals surface area contributed by atoms with Crippen LogP contribution in [0.5, 0.6) is 0 Å². The molecule has 1 fully saturated rings. The van der Waals surface area contributed by atoms with Gasteiger partial charge in [0.25, 0.3) is 5.79 Å². The fourth-order valence-corrected chi connectivity index (χ4v) is 4.90. The van der Waals surface area contributed by atoms with Crippen molar-refractivity contribution < 1.29 is 27.5 Å². The van der Waals surface area contributed by atoms with E-state index in [0.29, 0.717) is 25.2 Å². The average Bonchev–Trinajstić information content (AvgIpc) is 2.72. The van der Waals surface area contributed by atoms with Crippen molar-refractivity contribution in [3.05, 3.63) is 71.4 Å². The molecule has 0 aromatic heterocycles. The van der Waals surface area contributed by atoms with Gasteiger partial charge in [-0.15, -0.1) is 0 Å². The van der Waals surface area contributed by atoms with Crippen molar-refractivity contribution in [3.63, 3.8) is 0 Å². The van der Waals surface area contributed by atoms with Crippen molar-refractivity contribution in [2.45, 2.75) is 37.5 Å². The van der Waals surface area contributed by atoms with E-state index in [1.54, 1.807) is 12.1 Å². The molecule has 2 aliphatic heterocycles. The molecule has 0 radical (unpaired) electrons. The van der Waals surface area contributed by atoms with Gasteiger partial charge in [0.1, 0.15) is 0 Å². The van der Waals surface area contributed by atoms with E-state index < -0.39 is 27.7 Å². The van der Waals surface area contributed by atoms with Crippen molar-refractivity contribution in [3.8, 4) is 0 Å². The second-order valence-electron chi connectivity index (χ2n) is 7.76. The Morgan fingerprint density at radius 1 is 0.968 bits per heavy atom. The molecule has 0 bridgehead atoms. The molecule has 1 N–H and O–H groups in total. The van der Waals surface area contributed by atoms with Crippen LogP contribution in [0.2, 0.25) is 0 Å². The Kier molecular flexibility index (Phi) is 5.32. The predicted molar refractivity (Wildman–Crippen MR) is 112 cm³/mol. The van der Waals surface area contributed by atoms with Crippen LogP contribution in [0.1, 0.15) is 25.0 Å². The Balaban J connectivity index is 1.47. The maximum Gasteiger partial charge on any atom is 0.350 e. The van der Waals surface area contributed by atoms with Gasteiger partial charge in [0.2, 0.25) is 10.0 Å². The Hall–Kier alpha value is -3.17. The van der Waals surface area contributed by atoms with E-state index in [1.807, 2.05) is 24.3 Å². The number of benzene rings is 2. The zero-order valence-corrected chi connectivity index (χ0v) is 17.9. The molecule has 2 aliphatic rings. The first kappa shape index (κ1) is 21.1. The predicted octanol–water partition coefficient (Wildman–Crippen LogP) is 2.57. The lowest BCUT2D eigenvalue weighted by atomic mass is 10.0. The van der Waals surface area contributed by atoms with Crippen LogP contribution in [0.4, 0.5) is 5.69 Å². The number of cyclic esters (lactones) is 2. The third kappa shape index (κ3) is 4.33. The Morgan fingerprint density at radius 3 is 2.23 bits per heavy atom. The Labute approximate surface area is 180 Å². The topological polar surface area (TPSA) is 102 Å². The van der Waals surface area contributed by atoms with Crippen LogP contribution < -0.4 is 5.32 Å². The molecule has 2 heterocycles. The van der Waals surface area contributed by atoms with Gasteiger partial charge < -0.3 is 14.8 Å². The number of hydrogen-bond acceptors (Lipinski definition) is 7. The number of carbonyl (C=O) groups is 2. The van der Waals surface area contributed by atoms with Gasteiger partial charge in [0, 0.05) is 38.8 Å². The molecule has 0 amide bonds. The monoisotopic (exact) mass is 442 g/mol. The molecule has 162 valence electrons. The molecule has 4 rings (SSSR count). The van der Waals surface area contributed by atoms with E-state index in [0.717, 1.165) is 5.56 Å². The van der Waals surface area contributed by atoms with Gasteiger partial charge in [-0.25, -0.2) is 18.0 Å². The second kappa shape index (κ2) is 7.82. The quantitative estimate of drug-likeness (QED) is 0.441. The molecule has 9 heteroatoms. The van der Waals surface area contributed by atoms with Gasteiger partial charge in [0.05, 0.1) is 4.90 Å². The number of fused-ring (bicyclic) bond motifs is 1. The zero-order chi connectivity index (χ0) is 22.2. The SMILES string of the molecule is CC1(C)OC(=O)C(=CNc2ccc(S(=O)(=O)N3CCc4ccccc4C3)cc2)C(=O)O1. The summed E-state index contributed by atoms with van der Waals surface area (Å²) in [5.74, 6) is -2.90. The molecule has 0 saturated carbocycles. The summed E-state index contributed by atoms with van der Waals surface area (Å²) in [4.78, 5) is 24.1. The largest absolute Gasteiger partial charge is 0.419 e. The van der Waals surface area contributed by atoms with E-state index in [4.69, 9.17) is 9.47 Å². The number of ether oxygens (including phenoxy) is 2. The Bertz CT molecular complexity index is 1150. The number of sulfonamides is 1. The fourth-order valence-electron chi connectivity index (χ4n) is 3.48. The first-order valence-electron chi connectivity index (χ1n) is 9.76. The summed E-state index contributed by atoms with van der Waals surface area (Å²) in [5, 5.41) is 2.80. The fraction of sp³-hybridized carbons (Fsp3) is 0.273. The summed E-state index contributed by atoms with van der Waals surface area (Å²) in [6, 6.07) is 13.9. The molecule has 0 atom stereocenters. The van der Waals surface area contributed by atoms with Crippen LogP contribution in [0, 0.1) is 0 Å². The summed E-state index contributed by atoms with van der Waals surface area (Å²) >= 11 is 0. The molecule has 0 aliphatic carbocycles. The van der Waals surface area contributed by atoms with Crippen LogP contribution in [0.25, 0.3) is 0 Å². The third-order valence-electron chi connectivity index (χ3n) is 5.09. The van der Waals surface area contributed by atoms with Crippen LogP contribution in [-0.2, 0) is 42.1 Å². The maximum atomic E-state index is 13.0. The molecule has 0 spiro atoms. The number of nitrogens with one attached hydrogen (secondary N) is 1. The highest BCUT2D eigenvalue weighted by molar-refractivity contribution is 7.89. The van der Waals surface area contributed by atoms with E-state index in [-0.39, 0.29) is 10.5 Å². The van der Waals surface area contributed by atoms with Crippen molar-refractivity contribution in [1.29, 1.82) is 0 Å². The van der Waals surface area contributed by atoms with E-state index in [9.17, 15) is 18.0 Å². The van der Waals surface area contributed by atoms with Crippen LogP contribution in [0.3, 0.4) is 0 Å². The average molecular weight is 442 g/mol. The molecule has 31 heavy (non-hydrogen) atoms. The van der Waals surface area contributed by atoms with E-state index in [1.165, 1.54) is 42.0 Å². The molecule has 8 nitrogen and oxygen atoms in total. The molecule has 2 aromatic rings. The highest BCUT2D eigenvalue weighted by Crippen LogP contribution is 2.26. The highest BCUT2D eigenvalue weighted by Gasteiger charge is 2.39. The van der Waals surface area contributed by atoms with Crippen molar-refractivity contribution >= 4 is 27.6 Å². The van der Waals surface area contributed by atoms with Gasteiger partial charge >= 0.3 is 11.9 Å². The van der Waals surface area contributed by atoms with Crippen molar-refractivity contribution in [2.75, 3.05) is 11.9 Å². The van der Waals surface area contributed by atoms with Gasteiger partial charge in [-0.2, -0.15) is 4.31 Å². The third-order valence-corrected chi connectivity index (χ3v) is 6.95. The lowest BCUT2D eigenvalue weighted by molar-refractivity contribution is -0.222. The van der Waals surface area contributed by atoms with Gasteiger partial charge in [-0.1, -0.05) is 24.3 Å². The Morgan fingerprint density at radius 2 is 1.58 bits per heavy atom. The van der Waals surface area contributed by atoms with Gasteiger partial charge in [-0.3, -0.25) is 0 Å². The smallest absolute Gasteiger partial charge is 0.350 e. The minimum Gasteiger partial charge on any atom is -0.419 e. The summed E-state index contributed by atoms with van der Waals surface area (Å²) in [6.45, 7) is 3.69. The number of carbonyl (C=O) groups excluding carboxylic acids is 2. The molecule has 2 aromatic carbocycles. The number of hydrogen-bond donors (Lipinski definition) is 1. The summed E-state index contributed by atoms with van der Waals surface area (Å²) in [7, 11) is -3.65. The standard InChI is InChI=1S/C22H22N2O6S/c1-22(2)29-20(25)19(21(26)30-22)13-23-17-7-9-18(10-8-17)31(27,28)24-12-11-15-5-3-4-6-16(15)14-24/h3-10,13,23H,11-12,14H2,1-2H3. The number of anilines is 1. The zero-order valence-electron chi connectivity index (χ0n) is 17.1. The summed E-state index contributed by atoms with van der Waals surface area (Å²) in [6.07, 6.45) is 1.86. The molecular weight excluding hydrogens is 420 g/mol. The molecule has 1 saturated heterocycles. The minimum atomic E-state index is -3.65. The normalized spacial score (nSPS) is 18.6. The number of rotatable bonds is 4. The van der Waals surface area contributed by atoms with Crippen LogP contribution in [0.15, 0.2) is 65.2 Å². The molecule has 0 unspecified atom stereocenters. The molecular formula is C22H22N2O6S. The van der Waals surface area contributed by atoms with Gasteiger partial charge in [-0.05, 0) is 41.8 Å². The number of esters is 2. The maximum absolute atomic E-state index is 13.0. The second-order valence-corrected chi connectivity index (χ2v) is 9.70. The van der Waals surface area contributed by atoms with E-state index in [2.05, 4.69) is 5.32 Å². The minimum absolute atomic E-state index is 0.170. The first-order valence-corrected chi connectivity index (χ1v) is 11.2. The summed E-state index contributed by atoms with van der Waals surface area (Å²) < 4.78 is 37.6. The van der Waals surface area contributed by atoms with Crippen LogP contribution >= 0.6 is 0 Å². The van der Waals surface area contributed by atoms with Gasteiger partial charge in [0.15, 0.2) is 5.57 Å². The van der Waals surface area contributed by atoms with Crippen molar-refractivity contribution in [1.82, 2.24) is 4.31 Å². The number of nitrogens with zero attached hydrogens (tertiary/aromatic N) is 1. The lowest BCUT2D eigenvalue weighted by Crippen LogP contribution is -2.42. The van der Waals surface area contributed by atoms with E-state index >= 15 is 0 Å². The lowest BCUT2D eigenvalue weighted by Gasteiger charge is -2.29. The first-order chi connectivity index (χ1) is 14.7. The highest BCUT2D eigenvalue weighted by atomic mass is 32.2. The van der Waals surface area contributed by atoms with Crippen molar-refractivity contribution in [2.24, 2.45) is 0 Å². The van der Waals surface area contributed by atoms with Crippen LogP contribution in [-0.4, -0.2) is 37.0 Å².